The molecule has 1 N–H and O–H groups in total. The van der Waals surface area contributed by atoms with Gasteiger partial charge in [-0.25, -0.2) is 18.6 Å². The van der Waals surface area contributed by atoms with Gasteiger partial charge >= 0.3 is 11.9 Å². The number of ether oxygens (including phenoxy) is 2. The van der Waals surface area contributed by atoms with Crippen molar-refractivity contribution in [3.63, 3.8) is 0 Å². The Labute approximate surface area is 237 Å². The van der Waals surface area contributed by atoms with E-state index in [4.69, 9.17) is 9.47 Å². The Morgan fingerprint density at radius 1 is 1.15 bits per heavy atom. The molecule has 0 spiro atoms. The molecule has 1 aliphatic heterocycles. The van der Waals surface area contributed by atoms with Crippen molar-refractivity contribution in [1.29, 1.82) is 0 Å². The molecule has 1 aliphatic rings. The van der Waals surface area contributed by atoms with Gasteiger partial charge in [-0.2, -0.15) is 0 Å². The minimum atomic E-state index is -1.29. The predicted molar refractivity (Wildman–Crippen MR) is 146 cm³/mol. The summed E-state index contributed by atoms with van der Waals surface area (Å²) in [5.41, 5.74) is -0.483. The molecule has 12 heteroatoms. The van der Waals surface area contributed by atoms with Crippen molar-refractivity contribution in [3.05, 3.63) is 53.2 Å². The molecule has 0 saturated carbocycles. The van der Waals surface area contributed by atoms with E-state index in [-0.39, 0.29) is 11.5 Å². The van der Waals surface area contributed by atoms with E-state index >= 15 is 0 Å². The Morgan fingerprint density at radius 3 is 2.44 bits per heavy atom. The summed E-state index contributed by atoms with van der Waals surface area (Å²) >= 11 is 0. The molecule has 2 atom stereocenters. The van der Waals surface area contributed by atoms with Crippen LogP contribution in [0.25, 0.3) is 6.08 Å². The molecule has 1 saturated heterocycles. The smallest absolute Gasteiger partial charge is 0.328 e. The average molecular weight is 576 g/mol. The summed E-state index contributed by atoms with van der Waals surface area (Å²) < 4.78 is 37.4. The third-order valence-corrected chi connectivity index (χ3v) is 6.07. The number of hydrogen-bond donors (Lipinski definition) is 1. The van der Waals surface area contributed by atoms with Gasteiger partial charge in [0.05, 0.1) is 7.11 Å². The molecular formula is C29H35F2N3O7. The molecule has 3 amide bonds. The fourth-order valence-corrected chi connectivity index (χ4v) is 3.98. The zero-order valence-corrected chi connectivity index (χ0v) is 23.5. The second-order valence-electron chi connectivity index (χ2n) is 9.84. The lowest BCUT2D eigenvalue weighted by molar-refractivity contribution is -0.156. The van der Waals surface area contributed by atoms with Crippen molar-refractivity contribution in [2.45, 2.75) is 52.5 Å². The number of amides is 3. The molecule has 41 heavy (non-hydrogen) atoms. The first-order valence-electron chi connectivity index (χ1n) is 13.2. The van der Waals surface area contributed by atoms with Crippen molar-refractivity contribution in [1.82, 2.24) is 10.2 Å². The minimum Gasteiger partial charge on any atom is -0.468 e. The highest BCUT2D eigenvalue weighted by Gasteiger charge is 2.34. The molecule has 0 aliphatic carbocycles. The second kappa shape index (κ2) is 16.1. The second-order valence-corrected chi connectivity index (χ2v) is 9.84. The molecule has 1 aromatic rings. The first-order chi connectivity index (χ1) is 19.4. The lowest BCUT2D eigenvalue weighted by Gasteiger charge is -2.22. The first-order valence-corrected chi connectivity index (χ1v) is 13.2. The Bertz CT molecular complexity index is 1210. The summed E-state index contributed by atoms with van der Waals surface area (Å²) in [4.78, 5) is 67.1. The van der Waals surface area contributed by atoms with Crippen LogP contribution in [0.15, 0.2) is 41.0 Å². The van der Waals surface area contributed by atoms with Gasteiger partial charge in [-0.15, -0.1) is 0 Å². The van der Waals surface area contributed by atoms with Crippen LogP contribution in [-0.4, -0.2) is 67.1 Å². The lowest BCUT2D eigenvalue weighted by Crippen LogP contribution is -2.41. The monoisotopic (exact) mass is 575 g/mol. The number of nitrogens with one attached hydrogen (secondary N) is 1. The molecule has 1 fully saturated rings. The molecule has 1 aromatic carbocycles. The van der Waals surface area contributed by atoms with E-state index in [1.54, 1.807) is 6.08 Å². The molecule has 0 radical (unpaired) electrons. The number of likely N-dealkylation sites (tertiary alicyclic amines) is 1. The standard InChI is InChI=1S/C29H35F2N3O7/c1-18(2)8-5-6-10-26(36)33-24(14-20-12-22(30)15-23(31)13-20)27(37)32-16-21(28(38)40-4)17-41-29(39)25-9-7-11-34(25)19(3)35/h6,10,12-16,18,21,25H,5,7-9,11,17H2,1-4H3,(H,33,36)/b10-6+,24-14+,32-16?. The number of benzene rings is 1. The molecule has 10 nitrogen and oxygen atoms in total. The summed E-state index contributed by atoms with van der Waals surface area (Å²) in [7, 11) is 1.09. The zero-order chi connectivity index (χ0) is 30.5. The van der Waals surface area contributed by atoms with Gasteiger partial charge in [-0.05, 0) is 61.4 Å². The van der Waals surface area contributed by atoms with Crippen LogP contribution in [0.2, 0.25) is 0 Å². The van der Waals surface area contributed by atoms with E-state index < -0.39 is 59.7 Å². The van der Waals surface area contributed by atoms with E-state index in [0.29, 0.717) is 37.8 Å². The van der Waals surface area contributed by atoms with E-state index in [1.165, 1.54) is 17.9 Å². The quantitative estimate of drug-likeness (QED) is 0.230. The number of aliphatic imine (C=N–C) groups is 1. The lowest BCUT2D eigenvalue weighted by atomic mass is 10.1. The highest BCUT2D eigenvalue weighted by molar-refractivity contribution is 6.07. The number of carbonyl (C=O) groups is 5. The van der Waals surface area contributed by atoms with Crippen LogP contribution in [-0.2, 0) is 33.4 Å². The number of hydrogen-bond acceptors (Lipinski definition) is 7. The summed E-state index contributed by atoms with van der Waals surface area (Å²) in [5, 5.41) is 2.35. The van der Waals surface area contributed by atoms with Gasteiger partial charge in [0.25, 0.3) is 5.91 Å². The van der Waals surface area contributed by atoms with Gasteiger partial charge in [0.1, 0.15) is 35.9 Å². The van der Waals surface area contributed by atoms with E-state index in [2.05, 4.69) is 10.3 Å². The molecular weight excluding hydrogens is 540 g/mol. The van der Waals surface area contributed by atoms with Crippen LogP contribution in [0, 0.1) is 23.5 Å². The van der Waals surface area contributed by atoms with Crippen LogP contribution in [0.1, 0.15) is 52.0 Å². The maximum atomic E-state index is 13.7. The van der Waals surface area contributed by atoms with Crippen LogP contribution < -0.4 is 5.32 Å². The fraction of sp³-hybridized carbons (Fsp3) is 0.448. The Morgan fingerprint density at radius 2 is 1.83 bits per heavy atom. The highest BCUT2D eigenvalue weighted by Crippen LogP contribution is 2.19. The van der Waals surface area contributed by atoms with Gasteiger partial charge in [0.2, 0.25) is 11.8 Å². The third-order valence-electron chi connectivity index (χ3n) is 6.07. The average Bonchev–Trinajstić information content (AvgIpc) is 3.40. The Hall–Kier alpha value is -4.22. The number of nitrogens with zero attached hydrogens (tertiary/aromatic N) is 2. The Kier molecular flexibility index (Phi) is 13.0. The van der Waals surface area contributed by atoms with Crippen molar-refractivity contribution in [2.24, 2.45) is 16.8 Å². The van der Waals surface area contributed by atoms with E-state index in [0.717, 1.165) is 38.0 Å². The summed E-state index contributed by atoms with van der Waals surface area (Å²) in [5.74, 6) is -6.24. The zero-order valence-electron chi connectivity index (χ0n) is 23.5. The molecule has 0 aromatic heterocycles. The molecule has 222 valence electrons. The molecule has 1 heterocycles. The van der Waals surface area contributed by atoms with Crippen molar-refractivity contribution in [2.75, 3.05) is 20.3 Å². The number of methoxy groups -OCH3 is 1. The minimum absolute atomic E-state index is 0.0600. The fourth-order valence-electron chi connectivity index (χ4n) is 3.98. The van der Waals surface area contributed by atoms with Crippen molar-refractivity contribution in [3.8, 4) is 0 Å². The van der Waals surface area contributed by atoms with E-state index in [1.807, 2.05) is 13.8 Å². The largest absolute Gasteiger partial charge is 0.468 e. The number of halogens is 2. The summed E-state index contributed by atoms with van der Waals surface area (Å²) in [6.45, 7) is 5.28. The number of carbonyl (C=O) groups excluding carboxylic acids is 5. The highest BCUT2D eigenvalue weighted by atomic mass is 19.1. The number of rotatable bonds is 12. The predicted octanol–water partition coefficient (Wildman–Crippen LogP) is 3.36. The van der Waals surface area contributed by atoms with E-state index in [9.17, 15) is 32.8 Å². The van der Waals surface area contributed by atoms with Gasteiger partial charge in [0, 0.05) is 25.7 Å². The normalized spacial score (nSPS) is 16.3. The molecule has 2 rings (SSSR count). The van der Waals surface area contributed by atoms with Gasteiger partial charge in [-0.3, -0.25) is 19.2 Å². The maximum absolute atomic E-state index is 13.7. The number of allylic oxidation sites excluding steroid dienone is 1. The molecule has 2 unspecified atom stereocenters. The van der Waals surface area contributed by atoms with Gasteiger partial charge in [-0.1, -0.05) is 19.9 Å². The maximum Gasteiger partial charge on any atom is 0.328 e. The Balaban J connectivity index is 2.22. The summed E-state index contributed by atoms with van der Waals surface area (Å²) in [6.07, 6.45) is 7.28. The topological polar surface area (TPSA) is 131 Å². The van der Waals surface area contributed by atoms with Crippen LogP contribution in [0.3, 0.4) is 0 Å². The van der Waals surface area contributed by atoms with Crippen LogP contribution in [0.4, 0.5) is 8.78 Å². The summed E-state index contributed by atoms with van der Waals surface area (Å²) in [6, 6.07) is 1.77. The van der Waals surface area contributed by atoms with Crippen molar-refractivity contribution >= 4 is 42.0 Å². The van der Waals surface area contributed by atoms with Crippen LogP contribution in [0.5, 0.6) is 0 Å². The third kappa shape index (κ3) is 11.1. The number of esters is 2. The molecule has 0 bridgehead atoms. The SMILES string of the molecule is COC(=O)C(C=NC(=O)/C(=C\c1cc(F)cc(F)c1)NC(=O)/C=C/CCC(C)C)COC(=O)C1CCCN1C(C)=O. The van der Waals surface area contributed by atoms with Gasteiger partial charge in [0.15, 0.2) is 0 Å². The van der Waals surface area contributed by atoms with Crippen molar-refractivity contribution < 1.29 is 42.2 Å². The van der Waals surface area contributed by atoms with Crippen LogP contribution >= 0.6 is 0 Å². The van der Waals surface area contributed by atoms with Gasteiger partial charge < -0.3 is 19.7 Å². The first kappa shape index (κ1) is 33.0.